The lowest BCUT2D eigenvalue weighted by Gasteiger charge is -2.27. The third kappa shape index (κ3) is 5.53. The molecular formula is C17H24F3NO2. The maximum absolute atomic E-state index is 12.8. The SMILES string of the molecule is CCOC(CC)C(=O)NCC(C)(C)c1cccc(C(F)(F)F)c1. The van der Waals surface area contributed by atoms with Gasteiger partial charge < -0.3 is 10.1 Å². The van der Waals surface area contributed by atoms with Crippen molar-refractivity contribution in [3.05, 3.63) is 35.4 Å². The molecule has 0 aliphatic carbocycles. The second-order valence-corrected chi connectivity index (χ2v) is 6.03. The van der Waals surface area contributed by atoms with Crippen LogP contribution in [0.2, 0.25) is 0 Å². The van der Waals surface area contributed by atoms with Crippen molar-refractivity contribution in [1.82, 2.24) is 5.32 Å². The predicted molar refractivity (Wildman–Crippen MR) is 83.2 cm³/mol. The Kier molecular flexibility index (Phi) is 6.62. The minimum Gasteiger partial charge on any atom is -0.369 e. The number of benzene rings is 1. The van der Waals surface area contributed by atoms with Crippen molar-refractivity contribution < 1.29 is 22.7 Å². The largest absolute Gasteiger partial charge is 0.416 e. The predicted octanol–water partition coefficient (Wildman–Crippen LogP) is 3.91. The molecule has 130 valence electrons. The van der Waals surface area contributed by atoms with Crippen molar-refractivity contribution in [1.29, 1.82) is 0 Å². The Labute approximate surface area is 135 Å². The fourth-order valence-corrected chi connectivity index (χ4v) is 2.22. The lowest BCUT2D eigenvalue weighted by molar-refractivity contribution is -0.137. The van der Waals surface area contributed by atoms with Crippen LogP contribution >= 0.6 is 0 Å². The van der Waals surface area contributed by atoms with E-state index in [4.69, 9.17) is 4.74 Å². The second kappa shape index (κ2) is 7.81. The maximum atomic E-state index is 12.8. The van der Waals surface area contributed by atoms with E-state index in [-0.39, 0.29) is 12.5 Å². The fourth-order valence-electron chi connectivity index (χ4n) is 2.22. The zero-order chi connectivity index (χ0) is 17.7. The van der Waals surface area contributed by atoms with Gasteiger partial charge in [-0.15, -0.1) is 0 Å². The summed E-state index contributed by atoms with van der Waals surface area (Å²) in [5.74, 6) is -0.241. The first-order valence-electron chi connectivity index (χ1n) is 7.69. The van der Waals surface area contributed by atoms with Gasteiger partial charge in [-0.3, -0.25) is 4.79 Å². The molecule has 3 nitrogen and oxygen atoms in total. The van der Waals surface area contributed by atoms with Crippen LogP contribution in [0.15, 0.2) is 24.3 Å². The van der Waals surface area contributed by atoms with Crippen molar-refractivity contribution in [2.75, 3.05) is 13.2 Å². The van der Waals surface area contributed by atoms with Crippen LogP contribution in [0.4, 0.5) is 13.2 Å². The van der Waals surface area contributed by atoms with Crippen molar-refractivity contribution in [3.8, 4) is 0 Å². The Hall–Kier alpha value is -1.56. The van der Waals surface area contributed by atoms with Gasteiger partial charge in [0.15, 0.2) is 0 Å². The molecule has 1 aromatic rings. The first-order chi connectivity index (χ1) is 10.6. The highest BCUT2D eigenvalue weighted by Gasteiger charge is 2.32. The summed E-state index contributed by atoms with van der Waals surface area (Å²) in [5.41, 5.74) is -0.784. The van der Waals surface area contributed by atoms with Gasteiger partial charge in [0.25, 0.3) is 0 Å². The van der Waals surface area contributed by atoms with Gasteiger partial charge in [-0.25, -0.2) is 0 Å². The highest BCUT2D eigenvalue weighted by atomic mass is 19.4. The van der Waals surface area contributed by atoms with E-state index < -0.39 is 23.3 Å². The topological polar surface area (TPSA) is 38.3 Å². The number of nitrogens with one attached hydrogen (secondary N) is 1. The molecule has 1 rings (SSSR count). The van der Waals surface area contributed by atoms with Crippen molar-refractivity contribution in [2.24, 2.45) is 0 Å². The van der Waals surface area contributed by atoms with E-state index in [1.807, 2.05) is 13.8 Å². The molecule has 0 radical (unpaired) electrons. The molecule has 0 heterocycles. The second-order valence-electron chi connectivity index (χ2n) is 6.03. The van der Waals surface area contributed by atoms with Crippen molar-refractivity contribution in [2.45, 2.75) is 51.8 Å². The lowest BCUT2D eigenvalue weighted by atomic mass is 9.83. The normalized spacial score (nSPS) is 13.7. The van der Waals surface area contributed by atoms with Gasteiger partial charge in [0.2, 0.25) is 5.91 Å². The molecule has 0 saturated carbocycles. The first kappa shape index (κ1) is 19.5. The van der Waals surface area contributed by atoms with E-state index in [1.54, 1.807) is 19.9 Å². The number of hydrogen-bond acceptors (Lipinski definition) is 2. The number of alkyl halides is 3. The lowest BCUT2D eigenvalue weighted by Crippen LogP contribution is -2.42. The minimum absolute atomic E-state index is 0.233. The highest BCUT2D eigenvalue weighted by Crippen LogP contribution is 2.32. The Morgan fingerprint density at radius 3 is 2.35 bits per heavy atom. The number of amides is 1. The number of carbonyl (C=O) groups is 1. The molecule has 0 saturated heterocycles. The van der Waals surface area contributed by atoms with Crippen LogP contribution < -0.4 is 5.32 Å². The smallest absolute Gasteiger partial charge is 0.369 e. The molecule has 0 fully saturated rings. The average molecular weight is 331 g/mol. The van der Waals surface area contributed by atoms with E-state index in [2.05, 4.69) is 5.32 Å². The van der Waals surface area contributed by atoms with Crippen LogP contribution in [-0.2, 0) is 21.1 Å². The summed E-state index contributed by atoms with van der Waals surface area (Å²) in [4.78, 5) is 12.1. The van der Waals surface area contributed by atoms with E-state index in [9.17, 15) is 18.0 Å². The zero-order valence-electron chi connectivity index (χ0n) is 14.0. The van der Waals surface area contributed by atoms with Gasteiger partial charge in [0.05, 0.1) is 5.56 Å². The van der Waals surface area contributed by atoms with Crippen LogP contribution in [0.1, 0.15) is 45.2 Å². The minimum atomic E-state index is -4.38. The summed E-state index contributed by atoms with van der Waals surface area (Å²) >= 11 is 0. The molecule has 1 aromatic carbocycles. The highest BCUT2D eigenvalue weighted by molar-refractivity contribution is 5.80. The van der Waals surface area contributed by atoms with Crippen molar-refractivity contribution in [3.63, 3.8) is 0 Å². The van der Waals surface area contributed by atoms with Crippen LogP contribution in [-0.4, -0.2) is 25.2 Å². The third-order valence-electron chi connectivity index (χ3n) is 3.71. The molecule has 6 heteroatoms. The summed E-state index contributed by atoms with van der Waals surface area (Å²) in [5, 5.41) is 2.77. The van der Waals surface area contributed by atoms with Gasteiger partial charge >= 0.3 is 6.18 Å². The zero-order valence-corrected chi connectivity index (χ0v) is 14.0. The van der Waals surface area contributed by atoms with Crippen LogP contribution in [0.25, 0.3) is 0 Å². The molecule has 0 aliphatic rings. The third-order valence-corrected chi connectivity index (χ3v) is 3.71. The van der Waals surface area contributed by atoms with Crippen LogP contribution in [0.5, 0.6) is 0 Å². The Balaban J connectivity index is 2.81. The summed E-state index contributed by atoms with van der Waals surface area (Å²) < 4.78 is 43.8. The quantitative estimate of drug-likeness (QED) is 0.822. The fraction of sp³-hybridized carbons (Fsp3) is 0.588. The van der Waals surface area contributed by atoms with Gasteiger partial charge in [0, 0.05) is 18.6 Å². The van der Waals surface area contributed by atoms with Gasteiger partial charge in [-0.2, -0.15) is 13.2 Å². The molecule has 1 atom stereocenters. The number of rotatable bonds is 7. The average Bonchev–Trinajstić information content (AvgIpc) is 2.49. The number of hydrogen-bond donors (Lipinski definition) is 1. The van der Waals surface area contributed by atoms with Crippen LogP contribution in [0.3, 0.4) is 0 Å². The van der Waals surface area contributed by atoms with Gasteiger partial charge in [-0.05, 0) is 25.0 Å². The molecule has 0 aliphatic heterocycles. The van der Waals surface area contributed by atoms with E-state index in [0.717, 1.165) is 12.1 Å². The van der Waals surface area contributed by atoms with Gasteiger partial charge in [-0.1, -0.05) is 39.0 Å². The summed E-state index contributed by atoms with van der Waals surface area (Å²) in [6, 6.07) is 5.20. The number of carbonyl (C=O) groups excluding carboxylic acids is 1. The number of ether oxygens (including phenoxy) is 1. The molecule has 1 amide bonds. The molecule has 23 heavy (non-hydrogen) atoms. The summed E-state index contributed by atoms with van der Waals surface area (Å²) in [6.07, 6.45) is -4.36. The molecule has 0 aromatic heterocycles. The maximum Gasteiger partial charge on any atom is 0.416 e. The summed E-state index contributed by atoms with van der Waals surface area (Å²) in [6.45, 7) is 7.91. The van der Waals surface area contributed by atoms with E-state index >= 15 is 0 Å². The Morgan fingerprint density at radius 1 is 1.22 bits per heavy atom. The first-order valence-corrected chi connectivity index (χ1v) is 7.69. The van der Waals surface area contributed by atoms with E-state index in [0.29, 0.717) is 18.6 Å². The number of halogens is 3. The molecule has 1 unspecified atom stereocenters. The Morgan fingerprint density at radius 2 is 1.83 bits per heavy atom. The van der Waals surface area contributed by atoms with Gasteiger partial charge in [0.1, 0.15) is 6.10 Å². The summed E-state index contributed by atoms with van der Waals surface area (Å²) in [7, 11) is 0. The molecule has 1 N–H and O–H groups in total. The van der Waals surface area contributed by atoms with Crippen molar-refractivity contribution >= 4 is 5.91 Å². The Bertz CT molecular complexity index is 527. The standard InChI is InChI=1S/C17H24F3NO2/c1-5-14(23-6-2)15(22)21-11-16(3,4)12-8-7-9-13(10-12)17(18,19)20/h7-10,14H,5-6,11H2,1-4H3,(H,21,22). The van der Waals surface area contributed by atoms with E-state index in [1.165, 1.54) is 6.07 Å². The molecule has 0 bridgehead atoms. The van der Waals surface area contributed by atoms with Crippen LogP contribution in [0, 0.1) is 0 Å². The monoisotopic (exact) mass is 331 g/mol. The molecule has 0 spiro atoms. The molecular weight excluding hydrogens is 307 g/mol.